The van der Waals surface area contributed by atoms with Crippen molar-refractivity contribution in [1.29, 1.82) is 10.5 Å². The lowest BCUT2D eigenvalue weighted by Crippen LogP contribution is -2.10. The van der Waals surface area contributed by atoms with Crippen LogP contribution in [0.1, 0.15) is 11.1 Å². The van der Waals surface area contributed by atoms with E-state index in [4.69, 9.17) is 8.83 Å². The van der Waals surface area contributed by atoms with Crippen molar-refractivity contribution in [3.63, 3.8) is 0 Å². The average molecular weight is 745 g/mol. The van der Waals surface area contributed by atoms with Gasteiger partial charge in [-0.1, -0.05) is 24.3 Å². The van der Waals surface area contributed by atoms with E-state index in [9.17, 15) is 10.5 Å². The lowest BCUT2D eigenvalue weighted by molar-refractivity contribution is 0.653. The van der Waals surface area contributed by atoms with Crippen molar-refractivity contribution < 1.29 is 8.83 Å². The number of anilines is 6. The molecule has 0 fully saturated rings. The largest absolute Gasteiger partial charge is 0.438 e. The van der Waals surface area contributed by atoms with E-state index < -0.39 is 0 Å². The van der Waals surface area contributed by atoms with Gasteiger partial charge in [0.1, 0.15) is 11.2 Å². The van der Waals surface area contributed by atoms with Gasteiger partial charge in [-0.05, 0) is 143 Å². The average Bonchev–Trinajstić information content (AvgIpc) is 3.84. The van der Waals surface area contributed by atoms with Crippen LogP contribution in [0.3, 0.4) is 0 Å². The van der Waals surface area contributed by atoms with Crippen molar-refractivity contribution in [3.05, 3.63) is 181 Å². The molecular weight excluding hydrogens is 717 g/mol. The molecule has 0 radical (unpaired) electrons. The van der Waals surface area contributed by atoms with E-state index in [1.54, 1.807) is 12.4 Å². The van der Waals surface area contributed by atoms with Gasteiger partial charge in [0, 0.05) is 80.2 Å². The highest BCUT2D eigenvalue weighted by Gasteiger charge is 2.19. The molecule has 0 aliphatic carbocycles. The van der Waals surface area contributed by atoms with Crippen molar-refractivity contribution >= 4 is 99.8 Å². The summed E-state index contributed by atoms with van der Waals surface area (Å²) in [6.45, 7) is 0. The lowest BCUT2D eigenvalue weighted by atomic mass is 9.99. The van der Waals surface area contributed by atoms with Crippen LogP contribution in [0, 0.1) is 22.7 Å². The van der Waals surface area contributed by atoms with Gasteiger partial charge in [-0.3, -0.25) is 0 Å². The number of hydrogen-bond acceptors (Lipinski definition) is 8. The number of nitriles is 2. The minimum atomic E-state index is 0.594. The zero-order valence-electron chi connectivity index (χ0n) is 30.7. The van der Waals surface area contributed by atoms with Gasteiger partial charge in [0.2, 0.25) is 11.4 Å². The Morgan fingerprint density at radius 3 is 1.17 bits per heavy atom. The molecule has 0 spiro atoms. The first-order valence-corrected chi connectivity index (χ1v) is 18.7. The number of hydrogen-bond donors (Lipinski definition) is 0. The summed E-state index contributed by atoms with van der Waals surface area (Å²) in [5.41, 5.74) is 9.48. The topological polar surface area (TPSA) is 106 Å². The quantitative estimate of drug-likeness (QED) is 0.155. The molecule has 4 heterocycles. The smallest absolute Gasteiger partial charge is 0.227 e. The molecule has 270 valence electrons. The van der Waals surface area contributed by atoms with Gasteiger partial charge in [-0.2, -0.15) is 10.5 Å². The first-order valence-electron chi connectivity index (χ1n) is 18.7. The Labute approximate surface area is 331 Å². The Balaban J connectivity index is 1.02. The zero-order valence-corrected chi connectivity index (χ0v) is 30.7. The fourth-order valence-electron chi connectivity index (χ4n) is 8.07. The molecule has 0 atom stereocenters. The second-order valence-corrected chi connectivity index (χ2v) is 14.1. The van der Waals surface area contributed by atoms with Crippen LogP contribution in [0.15, 0.2) is 179 Å². The molecule has 7 aromatic carbocycles. The van der Waals surface area contributed by atoms with Crippen LogP contribution in [0.4, 0.5) is 34.1 Å². The minimum Gasteiger partial charge on any atom is -0.438 e. The molecule has 0 amide bonds. The normalized spacial score (nSPS) is 11.4. The molecule has 0 aliphatic heterocycles. The summed E-state index contributed by atoms with van der Waals surface area (Å²) in [5.74, 6) is 0. The van der Waals surface area contributed by atoms with E-state index in [-0.39, 0.29) is 0 Å². The molecule has 0 N–H and O–H groups in total. The maximum atomic E-state index is 9.54. The summed E-state index contributed by atoms with van der Waals surface area (Å²) in [4.78, 5) is 13.2. The van der Waals surface area contributed by atoms with E-state index in [1.807, 2.05) is 84.9 Å². The highest BCUT2D eigenvalue weighted by atomic mass is 16.3. The molecule has 8 heteroatoms. The van der Waals surface area contributed by atoms with Crippen molar-refractivity contribution in [2.75, 3.05) is 9.80 Å². The SMILES string of the molecule is N#Cc1ccc(N(c2ccc3c(ccc4cc(N(c5ccc(C#N)cc5)c5ccc6c(c5)oc5ncccc56)ccc43)c2)c2ccc3c(c2)oc2ncccc23)cc1. The van der Waals surface area contributed by atoms with Crippen molar-refractivity contribution in [3.8, 4) is 12.1 Å². The predicted octanol–water partition coefficient (Wildman–Crippen LogP) is 13.3. The Hall–Kier alpha value is -8.46. The molecule has 0 saturated carbocycles. The number of rotatable bonds is 6. The van der Waals surface area contributed by atoms with Crippen LogP contribution in [0.5, 0.6) is 0 Å². The summed E-state index contributed by atoms with van der Waals surface area (Å²) in [6, 6.07) is 57.4. The van der Waals surface area contributed by atoms with Gasteiger partial charge in [-0.15, -0.1) is 0 Å². The van der Waals surface area contributed by atoms with Crippen molar-refractivity contribution in [2.45, 2.75) is 0 Å². The summed E-state index contributed by atoms with van der Waals surface area (Å²) in [7, 11) is 0. The Bertz CT molecular complexity index is 3270. The number of aromatic nitrogens is 2. The first-order chi connectivity index (χ1) is 28.6. The number of nitrogens with zero attached hydrogens (tertiary/aromatic N) is 6. The first kappa shape index (κ1) is 32.9. The zero-order chi connectivity index (χ0) is 38.7. The molecule has 0 unspecified atom stereocenters. The second-order valence-electron chi connectivity index (χ2n) is 14.1. The van der Waals surface area contributed by atoms with Crippen molar-refractivity contribution in [1.82, 2.24) is 9.97 Å². The maximum Gasteiger partial charge on any atom is 0.227 e. The monoisotopic (exact) mass is 744 g/mol. The molecule has 0 saturated heterocycles. The predicted molar refractivity (Wildman–Crippen MR) is 230 cm³/mol. The standard InChI is InChI=1S/C50H28N6O2/c51-29-31-5-11-35(12-6-31)55(39-17-21-43-45-3-1-23-53-49(45)57-47(43)27-39)37-15-19-41-33(25-37)9-10-34-26-38(16-20-42(34)41)56(36-13-7-32(30-52)8-14-36)40-18-22-44-46-4-2-24-54-50(46)58-48(44)28-40/h1-28H. The Kier molecular flexibility index (Phi) is 7.43. The van der Waals surface area contributed by atoms with Crippen LogP contribution in [0.2, 0.25) is 0 Å². The van der Waals surface area contributed by atoms with Gasteiger partial charge in [0.25, 0.3) is 0 Å². The molecule has 0 aliphatic rings. The Morgan fingerprint density at radius 1 is 0.379 bits per heavy atom. The number of benzene rings is 7. The van der Waals surface area contributed by atoms with Gasteiger partial charge in [0.15, 0.2) is 0 Å². The number of furan rings is 2. The van der Waals surface area contributed by atoms with Crippen molar-refractivity contribution in [2.24, 2.45) is 0 Å². The summed E-state index contributed by atoms with van der Waals surface area (Å²) in [5, 5.41) is 27.4. The van der Waals surface area contributed by atoms with E-state index in [0.717, 1.165) is 88.4 Å². The third-order valence-corrected chi connectivity index (χ3v) is 10.8. The summed E-state index contributed by atoms with van der Waals surface area (Å²) >= 11 is 0. The minimum absolute atomic E-state index is 0.594. The molecule has 58 heavy (non-hydrogen) atoms. The Morgan fingerprint density at radius 2 is 0.759 bits per heavy atom. The second kappa shape index (κ2) is 13.1. The number of pyridine rings is 2. The molecule has 8 nitrogen and oxygen atoms in total. The fraction of sp³-hybridized carbons (Fsp3) is 0. The lowest BCUT2D eigenvalue weighted by Gasteiger charge is -2.26. The molecule has 11 rings (SSSR count). The fourth-order valence-corrected chi connectivity index (χ4v) is 8.07. The highest BCUT2D eigenvalue weighted by Crippen LogP contribution is 2.42. The van der Waals surface area contributed by atoms with Gasteiger partial charge >= 0.3 is 0 Å². The third kappa shape index (κ3) is 5.36. The van der Waals surface area contributed by atoms with Crippen LogP contribution in [-0.2, 0) is 0 Å². The maximum absolute atomic E-state index is 9.54. The van der Waals surface area contributed by atoms with Crippen LogP contribution >= 0.6 is 0 Å². The molecule has 4 aromatic heterocycles. The van der Waals surface area contributed by atoms with E-state index >= 15 is 0 Å². The third-order valence-electron chi connectivity index (χ3n) is 10.8. The van der Waals surface area contributed by atoms with Gasteiger partial charge < -0.3 is 18.6 Å². The van der Waals surface area contributed by atoms with Gasteiger partial charge in [-0.25, -0.2) is 9.97 Å². The van der Waals surface area contributed by atoms with Crippen LogP contribution in [0.25, 0.3) is 65.7 Å². The van der Waals surface area contributed by atoms with Crippen LogP contribution in [-0.4, -0.2) is 9.97 Å². The summed E-state index contributed by atoms with van der Waals surface area (Å²) < 4.78 is 12.4. The van der Waals surface area contributed by atoms with Gasteiger partial charge in [0.05, 0.1) is 23.3 Å². The van der Waals surface area contributed by atoms with E-state index in [1.165, 1.54) is 0 Å². The van der Waals surface area contributed by atoms with E-state index in [2.05, 4.69) is 105 Å². The molecular formula is C50H28N6O2. The molecule has 0 bridgehead atoms. The molecule has 11 aromatic rings. The van der Waals surface area contributed by atoms with E-state index in [0.29, 0.717) is 22.6 Å². The van der Waals surface area contributed by atoms with Crippen LogP contribution < -0.4 is 9.80 Å². The highest BCUT2D eigenvalue weighted by molar-refractivity contribution is 6.11. The summed E-state index contributed by atoms with van der Waals surface area (Å²) in [6.07, 6.45) is 3.47. The number of fused-ring (bicyclic) bond motifs is 9.